The number of nitrogen functional groups attached to an aromatic ring is 1. The minimum Gasteiger partial charge on any atom is -0.497 e. The van der Waals surface area contributed by atoms with Crippen LogP contribution in [0.4, 0.5) is 5.69 Å². The molecule has 21 heavy (non-hydrogen) atoms. The van der Waals surface area contributed by atoms with E-state index in [4.69, 9.17) is 10.5 Å². The zero-order chi connectivity index (χ0) is 15.4. The van der Waals surface area contributed by atoms with E-state index in [-0.39, 0.29) is 11.9 Å². The molecule has 0 fully saturated rings. The number of nitrogens with one attached hydrogen (secondary N) is 1. The van der Waals surface area contributed by atoms with Crippen molar-refractivity contribution in [2.45, 2.75) is 13.0 Å². The molecule has 0 aliphatic rings. The summed E-state index contributed by atoms with van der Waals surface area (Å²) in [6, 6.07) is 12.6. The fraction of sp³-hybridized carbons (Fsp3) is 0.188. The minimum atomic E-state index is -0.161. The standard InChI is InChI=1S/C16H17BrN2O2/c1-10(11-3-5-15(21-2)6-4-11)19-16(20)12-7-13(17)9-14(18)8-12/h3-10H,18H2,1-2H3,(H,19,20)/t10-/m0/s1. The average molecular weight is 349 g/mol. The summed E-state index contributed by atoms with van der Waals surface area (Å²) < 4.78 is 5.90. The SMILES string of the molecule is COc1ccc([C@H](C)NC(=O)c2cc(N)cc(Br)c2)cc1. The number of anilines is 1. The molecule has 3 N–H and O–H groups in total. The van der Waals surface area contributed by atoms with Crippen LogP contribution in [0.2, 0.25) is 0 Å². The van der Waals surface area contributed by atoms with E-state index in [1.807, 2.05) is 31.2 Å². The minimum absolute atomic E-state index is 0.108. The van der Waals surface area contributed by atoms with Gasteiger partial charge in [-0.25, -0.2) is 0 Å². The number of benzene rings is 2. The molecular formula is C16H17BrN2O2. The van der Waals surface area contributed by atoms with Crippen LogP contribution >= 0.6 is 15.9 Å². The maximum atomic E-state index is 12.2. The Kier molecular flexibility index (Phi) is 4.85. The van der Waals surface area contributed by atoms with Crippen molar-refractivity contribution in [1.82, 2.24) is 5.32 Å². The van der Waals surface area contributed by atoms with Crippen LogP contribution in [0.15, 0.2) is 46.9 Å². The van der Waals surface area contributed by atoms with Crippen LogP contribution in [0.5, 0.6) is 5.75 Å². The maximum absolute atomic E-state index is 12.2. The predicted molar refractivity (Wildman–Crippen MR) is 87.4 cm³/mol. The molecule has 0 saturated heterocycles. The molecule has 2 rings (SSSR count). The summed E-state index contributed by atoms with van der Waals surface area (Å²) in [7, 11) is 1.62. The Morgan fingerprint density at radius 2 is 1.90 bits per heavy atom. The molecule has 2 aromatic carbocycles. The van der Waals surface area contributed by atoms with Gasteiger partial charge in [-0.2, -0.15) is 0 Å². The first-order chi connectivity index (χ1) is 9.99. The number of methoxy groups -OCH3 is 1. The van der Waals surface area contributed by atoms with E-state index in [0.29, 0.717) is 11.3 Å². The van der Waals surface area contributed by atoms with Gasteiger partial charge < -0.3 is 15.8 Å². The Balaban J connectivity index is 2.10. The molecule has 0 bridgehead atoms. The monoisotopic (exact) mass is 348 g/mol. The van der Waals surface area contributed by atoms with Gasteiger partial charge in [0.25, 0.3) is 5.91 Å². The van der Waals surface area contributed by atoms with Crippen molar-refractivity contribution in [3.8, 4) is 5.75 Å². The number of ether oxygens (including phenoxy) is 1. The van der Waals surface area contributed by atoms with Crippen molar-refractivity contribution in [3.63, 3.8) is 0 Å². The second-order valence-corrected chi connectivity index (χ2v) is 5.66. The van der Waals surface area contributed by atoms with Gasteiger partial charge in [-0.15, -0.1) is 0 Å². The molecule has 0 unspecified atom stereocenters. The van der Waals surface area contributed by atoms with Crippen LogP contribution in [0.3, 0.4) is 0 Å². The largest absolute Gasteiger partial charge is 0.497 e. The Bertz CT molecular complexity index is 621. The molecule has 110 valence electrons. The zero-order valence-corrected chi connectivity index (χ0v) is 13.5. The lowest BCUT2D eigenvalue weighted by atomic mass is 10.1. The first-order valence-corrected chi connectivity index (χ1v) is 7.30. The van der Waals surface area contributed by atoms with Crippen molar-refractivity contribution in [2.24, 2.45) is 0 Å². The average Bonchev–Trinajstić information content (AvgIpc) is 2.46. The van der Waals surface area contributed by atoms with Gasteiger partial charge in [0.1, 0.15) is 5.75 Å². The van der Waals surface area contributed by atoms with Gasteiger partial charge in [-0.05, 0) is 42.8 Å². The molecule has 1 amide bonds. The van der Waals surface area contributed by atoms with Gasteiger partial charge in [0.05, 0.1) is 13.2 Å². The van der Waals surface area contributed by atoms with Gasteiger partial charge >= 0.3 is 0 Å². The number of rotatable bonds is 4. The lowest BCUT2D eigenvalue weighted by Gasteiger charge is -2.15. The predicted octanol–water partition coefficient (Wildman–Crippen LogP) is 3.53. The molecule has 0 aromatic heterocycles. The third kappa shape index (κ3) is 3.98. The Morgan fingerprint density at radius 3 is 2.48 bits per heavy atom. The summed E-state index contributed by atoms with van der Waals surface area (Å²) in [5.74, 6) is 0.628. The van der Waals surface area contributed by atoms with Gasteiger partial charge in [0.2, 0.25) is 0 Å². The summed E-state index contributed by atoms with van der Waals surface area (Å²) in [5.41, 5.74) is 7.83. The maximum Gasteiger partial charge on any atom is 0.251 e. The summed E-state index contributed by atoms with van der Waals surface area (Å²) in [4.78, 5) is 12.2. The van der Waals surface area contributed by atoms with Crippen LogP contribution in [0.1, 0.15) is 28.9 Å². The van der Waals surface area contributed by atoms with Gasteiger partial charge in [0, 0.05) is 15.7 Å². The van der Waals surface area contributed by atoms with E-state index in [2.05, 4.69) is 21.2 Å². The normalized spacial score (nSPS) is 11.8. The topological polar surface area (TPSA) is 64.3 Å². The summed E-state index contributed by atoms with van der Waals surface area (Å²) in [6.45, 7) is 1.93. The van der Waals surface area contributed by atoms with Crippen molar-refractivity contribution in [2.75, 3.05) is 12.8 Å². The van der Waals surface area contributed by atoms with E-state index in [1.54, 1.807) is 25.3 Å². The fourth-order valence-corrected chi connectivity index (χ4v) is 2.51. The van der Waals surface area contributed by atoms with E-state index in [1.165, 1.54) is 0 Å². The summed E-state index contributed by atoms with van der Waals surface area (Å²) >= 11 is 3.33. The number of carbonyl (C=O) groups excluding carboxylic acids is 1. The van der Waals surface area contributed by atoms with Crippen molar-refractivity contribution in [1.29, 1.82) is 0 Å². The number of halogens is 1. The molecular weight excluding hydrogens is 332 g/mol. The van der Waals surface area contributed by atoms with Gasteiger partial charge in [-0.3, -0.25) is 4.79 Å². The first-order valence-electron chi connectivity index (χ1n) is 6.50. The Morgan fingerprint density at radius 1 is 1.24 bits per heavy atom. The molecule has 2 aromatic rings. The van der Waals surface area contributed by atoms with Crippen molar-refractivity contribution in [3.05, 3.63) is 58.1 Å². The molecule has 0 saturated carbocycles. The second-order valence-electron chi connectivity index (χ2n) is 4.74. The highest BCUT2D eigenvalue weighted by Crippen LogP contribution is 2.20. The molecule has 0 aliphatic heterocycles. The van der Waals surface area contributed by atoms with E-state index in [0.717, 1.165) is 15.8 Å². The quantitative estimate of drug-likeness (QED) is 0.830. The number of carbonyl (C=O) groups is 1. The van der Waals surface area contributed by atoms with Crippen molar-refractivity contribution < 1.29 is 9.53 Å². The van der Waals surface area contributed by atoms with E-state index >= 15 is 0 Å². The highest BCUT2D eigenvalue weighted by atomic mass is 79.9. The highest BCUT2D eigenvalue weighted by molar-refractivity contribution is 9.10. The number of nitrogens with two attached hydrogens (primary N) is 1. The fourth-order valence-electron chi connectivity index (χ4n) is 2.00. The second kappa shape index (κ2) is 6.63. The van der Waals surface area contributed by atoms with E-state index < -0.39 is 0 Å². The number of amides is 1. The Hall–Kier alpha value is -2.01. The van der Waals surface area contributed by atoms with Crippen LogP contribution in [0.25, 0.3) is 0 Å². The molecule has 5 heteroatoms. The van der Waals surface area contributed by atoms with E-state index in [9.17, 15) is 4.79 Å². The van der Waals surface area contributed by atoms with Crippen LogP contribution in [0, 0.1) is 0 Å². The molecule has 4 nitrogen and oxygen atoms in total. The van der Waals surface area contributed by atoms with Crippen molar-refractivity contribution >= 4 is 27.5 Å². The summed E-state index contributed by atoms with van der Waals surface area (Å²) in [5, 5.41) is 2.95. The van der Waals surface area contributed by atoms with Crippen LogP contribution in [-0.2, 0) is 0 Å². The first kappa shape index (κ1) is 15.4. The summed E-state index contributed by atoms with van der Waals surface area (Å²) in [6.07, 6.45) is 0. The number of hydrogen-bond acceptors (Lipinski definition) is 3. The lowest BCUT2D eigenvalue weighted by molar-refractivity contribution is 0.0940. The molecule has 1 atom stereocenters. The molecule has 0 spiro atoms. The van der Waals surface area contributed by atoms with Crippen LogP contribution in [-0.4, -0.2) is 13.0 Å². The highest BCUT2D eigenvalue weighted by Gasteiger charge is 2.12. The number of hydrogen-bond donors (Lipinski definition) is 2. The third-order valence-electron chi connectivity index (χ3n) is 3.15. The third-order valence-corrected chi connectivity index (χ3v) is 3.60. The van der Waals surface area contributed by atoms with Gasteiger partial charge in [0.15, 0.2) is 0 Å². The smallest absolute Gasteiger partial charge is 0.251 e. The zero-order valence-electron chi connectivity index (χ0n) is 11.9. The Labute approximate surface area is 132 Å². The molecule has 0 heterocycles. The molecule has 0 radical (unpaired) electrons. The lowest BCUT2D eigenvalue weighted by Crippen LogP contribution is -2.26. The molecule has 0 aliphatic carbocycles. The van der Waals surface area contributed by atoms with Crippen LogP contribution < -0.4 is 15.8 Å². The van der Waals surface area contributed by atoms with Gasteiger partial charge in [-0.1, -0.05) is 28.1 Å².